The molecule has 2 aromatic rings. The van der Waals surface area contributed by atoms with E-state index < -0.39 is 18.3 Å². The highest BCUT2D eigenvalue weighted by Crippen LogP contribution is 2.30. The van der Waals surface area contributed by atoms with E-state index in [0.717, 1.165) is 6.07 Å². The number of carbonyl (C=O) groups is 1. The van der Waals surface area contributed by atoms with Crippen LogP contribution in [0.5, 0.6) is 11.5 Å². The minimum atomic E-state index is -2.98. The molecule has 0 saturated carbocycles. The summed E-state index contributed by atoms with van der Waals surface area (Å²) in [5.41, 5.74) is 0.359. The molecular formula is C17H15ClF3NO3. The maximum absolute atomic E-state index is 13.9. The first-order chi connectivity index (χ1) is 11.8. The van der Waals surface area contributed by atoms with Crippen molar-refractivity contribution in [3.8, 4) is 11.5 Å². The molecule has 2 rings (SSSR count). The maximum atomic E-state index is 13.9. The van der Waals surface area contributed by atoms with Crippen LogP contribution in [-0.4, -0.2) is 31.6 Å². The van der Waals surface area contributed by atoms with Gasteiger partial charge in [-0.2, -0.15) is 8.78 Å². The van der Waals surface area contributed by atoms with Crippen molar-refractivity contribution in [1.82, 2.24) is 4.90 Å². The molecule has 0 bridgehead atoms. The van der Waals surface area contributed by atoms with Crippen LogP contribution in [0.25, 0.3) is 0 Å². The molecule has 0 aliphatic heterocycles. The van der Waals surface area contributed by atoms with Crippen LogP contribution < -0.4 is 9.47 Å². The summed E-state index contributed by atoms with van der Waals surface area (Å²) in [7, 11) is 2.78. The number of hydrogen-bond acceptors (Lipinski definition) is 3. The van der Waals surface area contributed by atoms with Gasteiger partial charge in [0.25, 0.3) is 5.91 Å². The number of nitrogens with zero attached hydrogens (tertiary/aromatic N) is 1. The topological polar surface area (TPSA) is 38.8 Å². The average molecular weight is 374 g/mol. The van der Waals surface area contributed by atoms with E-state index in [-0.39, 0.29) is 28.6 Å². The SMILES string of the molecule is COc1cc(CN(C)C(=O)c2c(F)cccc2Cl)ccc1OC(F)F. The number of halogens is 4. The van der Waals surface area contributed by atoms with Crippen molar-refractivity contribution < 1.29 is 27.4 Å². The lowest BCUT2D eigenvalue weighted by atomic mass is 10.1. The smallest absolute Gasteiger partial charge is 0.387 e. The van der Waals surface area contributed by atoms with Gasteiger partial charge in [0.15, 0.2) is 11.5 Å². The second-order valence-corrected chi connectivity index (χ2v) is 5.53. The van der Waals surface area contributed by atoms with Gasteiger partial charge in [0, 0.05) is 13.6 Å². The summed E-state index contributed by atoms with van der Waals surface area (Å²) in [6.45, 7) is -2.89. The molecule has 0 fully saturated rings. The van der Waals surface area contributed by atoms with Crippen molar-refractivity contribution in [1.29, 1.82) is 0 Å². The first-order valence-corrected chi connectivity index (χ1v) is 7.52. The quantitative estimate of drug-likeness (QED) is 0.755. The first-order valence-electron chi connectivity index (χ1n) is 7.14. The van der Waals surface area contributed by atoms with Crippen molar-refractivity contribution in [2.24, 2.45) is 0 Å². The monoisotopic (exact) mass is 373 g/mol. The molecule has 0 aliphatic rings. The maximum Gasteiger partial charge on any atom is 0.387 e. The molecule has 2 aromatic carbocycles. The number of hydrogen-bond donors (Lipinski definition) is 0. The predicted molar refractivity (Wildman–Crippen MR) is 86.8 cm³/mol. The molecule has 1 amide bonds. The number of benzene rings is 2. The van der Waals surface area contributed by atoms with Crippen LogP contribution in [0.4, 0.5) is 13.2 Å². The van der Waals surface area contributed by atoms with E-state index in [4.69, 9.17) is 16.3 Å². The molecule has 0 radical (unpaired) electrons. The lowest BCUT2D eigenvalue weighted by Gasteiger charge is -2.19. The van der Waals surface area contributed by atoms with Gasteiger partial charge in [-0.05, 0) is 29.8 Å². The Bertz CT molecular complexity index is 751. The normalized spacial score (nSPS) is 10.7. The highest BCUT2D eigenvalue weighted by atomic mass is 35.5. The largest absolute Gasteiger partial charge is 0.493 e. The van der Waals surface area contributed by atoms with Gasteiger partial charge < -0.3 is 14.4 Å². The van der Waals surface area contributed by atoms with Crippen LogP contribution in [0.3, 0.4) is 0 Å². The fraction of sp³-hybridized carbons (Fsp3) is 0.235. The van der Waals surface area contributed by atoms with Crippen molar-refractivity contribution in [3.05, 3.63) is 58.4 Å². The Morgan fingerprint density at radius 1 is 1.24 bits per heavy atom. The summed E-state index contributed by atoms with van der Waals surface area (Å²) in [4.78, 5) is 13.7. The Kier molecular flexibility index (Phi) is 6.14. The number of carbonyl (C=O) groups excluding carboxylic acids is 1. The molecule has 8 heteroatoms. The van der Waals surface area contributed by atoms with Crippen molar-refractivity contribution in [2.75, 3.05) is 14.2 Å². The molecule has 4 nitrogen and oxygen atoms in total. The molecular weight excluding hydrogens is 359 g/mol. The molecule has 0 aromatic heterocycles. The van der Waals surface area contributed by atoms with Crippen molar-refractivity contribution in [3.63, 3.8) is 0 Å². The zero-order chi connectivity index (χ0) is 18.6. The molecule has 134 valence electrons. The fourth-order valence-corrected chi connectivity index (χ4v) is 2.49. The Balaban J connectivity index is 2.20. The summed E-state index contributed by atoms with van der Waals surface area (Å²) in [5.74, 6) is -1.34. The Morgan fingerprint density at radius 3 is 2.56 bits per heavy atom. The predicted octanol–water partition coefficient (Wildman–Crippen LogP) is 4.36. The highest BCUT2D eigenvalue weighted by Gasteiger charge is 2.20. The van der Waals surface area contributed by atoms with Gasteiger partial charge in [-0.25, -0.2) is 4.39 Å². The van der Waals surface area contributed by atoms with E-state index in [1.165, 1.54) is 49.4 Å². The zero-order valence-electron chi connectivity index (χ0n) is 13.4. The average Bonchev–Trinajstić information content (AvgIpc) is 2.55. The molecule has 0 unspecified atom stereocenters. The minimum absolute atomic E-state index is 0.00936. The highest BCUT2D eigenvalue weighted by molar-refractivity contribution is 6.33. The number of alkyl halides is 2. The molecule has 0 spiro atoms. The molecule has 0 saturated heterocycles. The Morgan fingerprint density at radius 2 is 1.96 bits per heavy atom. The van der Waals surface area contributed by atoms with Gasteiger partial charge in [0.05, 0.1) is 17.7 Å². The van der Waals surface area contributed by atoms with Gasteiger partial charge in [-0.3, -0.25) is 4.79 Å². The third-order valence-corrected chi connectivity index (χ3v) is 3.70. The lowest BCUT2D eigenvalue weighted by molar-refractivity contribution is -0.0512. The summed E-state index contributed by atoms with van der Waals surface area (Å²) >= 11 is 5.89. The van der Waals surface area contributed by atoms with Crippen LogP contribution in [0.15, 0.2) is 36.4 Å². The standard InChI is InChI=1S/C17H15ClF3NO3/c1-22(16(23)15-11(18)4-3-5-12(15)19)9-10-6-7-13(25-17(20)21)14(8-10)24-2/h3-8,17H,9H2,1-2H3. The van der Waals surface area contributed by atoms with Crippen molar-refractivity contribution in [2.45, 2.75) is 13.2 Å². The third-order valence-electron chi connectivity index (χ3n) is 3.39. The van der Waals surface area contributed by atoms with E-state index >= 15 is 0 Å². The van der Waals surface area contributed by atoms with Crippen LogP contribution in [0.2, 0.25) is 5.02 Å². The van der Waals surface area contributed by atoms with Crippen molar-refractivity contribution >= 4 is 17.5 Å². The van der Waals surface area contributed by atoms with E-state index in [2.05, 4.69) is 4.74 Å². The number of methoxy groups -OCH3 is 1. The van der Waals surface area contributed by atoms with Gasteiger partial charge in [0.2, 0.25) is 0 Å². The summed E-state index contributed by atoms with van der Waals surface area (Å²) in [5, 5.41) is 0.00936. The first kappa shape index (κ1) is 18.9. The zero-order valence-corrected chi connectivity index (χ0v) is 14.2. The number of rotatable bonds is 6. The van der Waals surface area contributed by atoms with E-state index in [0.29, 0.717) is 5.56 Å². The second kappa shape index (κ2) is 8.11. The molecule has 0 heterocycles. The number of ether oxygens (including phenoxy) is 2. The molecule has 0 atom stereocenters. The molecule has 0 aliphatic carbocycles. The fourth-order valence-electron chi connectivity index (χ4n) is 2.24. The van der Waals surface area contributed by atoms with Crippen LogP contribution >= 0.6 is 11.6 Å². The van der Waals surface area contributed by atoms with Gasteiger partial charge in [0.1, 0.15) is 5.82 Å². The van der Waals surface area contributed by atoms with E-state index in [1.54, 1.807) is 0 Å². The van der Waals surface area contributed by atoms with Crippen LogP contribution in [-0.2, 0) is 6.54 Å². The van der Waals surface area contributed by atoms with Crippen LogP contribution in [0.1, 0.15) is 15.9 Å². The van der Waals surface area contributed by atoms with Gasteiger partial charge >= 0.3 is 6.61 Å². The summed E-state index contributed by atoms with van der Waals surface area (Å²) in [6.07, 6.45) is 0. The molecule has 25 heavy (non-hydrogen) atoms. The molecule has 0 N–H and O–H groups in total. The van der Waals surface area contributed by atoms with Crippen LogP contribution in [0, 0.1) is 5.82 Å². The summed E-state index contributed by atoms with van der Waals surface area (Å²) < 4.78 is 47.9. The van der Waals surface area contributed by atoms with E-state index in [9.17, 15) is 18.0 Å². The summed E-state index contributed by atoms with van der Waals surface area (Å²) in [6, 6.07) is 8.25. The Hall–Kier alpha value is -2.41. The Labute approximate surface area is 147 Å². The minimum Gasteiger partial charge on any atom is -0.493 e. The van der Waals surface area contributed by atoms with Gasteiger partial charge in [-0.15, -0.1) is 0 Å². The lowest BCUT2D eigenvalue weighted by Crippen LogP contribution is -2.27. The van der Waals surface area contributed by atoms with Gasteiger partial charge in [-0.1, -0.05) is 23.7 Å². The van der Waals surface area contributed by atoms with E-state index in [1.807, 2.05) is 0 Å². The second-order valence-electron chi connectivity index (χ2n) is 5.12. The number of amides is 1. The third kappa shape index (κ3) is 4.57.